The lowest BCUT2D eigenvalue weighted by Gasteiger charge is -2.17. The summed E-state index contributed by atoms with van der Waals surface area (Å²) in [6.45, 7) is 3.95. The number of hydrogen-bond donors (Lipinski definition) is 2. The van der Waals surface area contributed by atoms with Crippen LogP contribution in [0.3, 0.4) is 0 Å². The summed E-state index contributed by atoms with van der Waals surface area (Å²) in [7, 11) is 4.04. The van der Waals surface area contributed by atoms with Crippen LogP contribution in [0, 0.1) is 0 Å². The number of amides is 1. The highest BCUT2D eigenvalue weighted by Crippen LogP contribution is 2.07. The molecule has 0 rings (SSSR count). The van der Waals surface area contributed by atoms with Crippen LogP contribution >= 0.6 is 0 Å². The highest BCUT2D eigenvalue weighted by atomic mass is 16.1. The molecule has 0 saturated heterocycles. The Morgan fingerprint density at radius 3 is 2.41 bits per heavy atom. The molecule has 0 saturated carbocycles. The Kier molecular flexibility index (Phi) is 10.2. The Labute approximate surface area is 106 Å². The summed E-state index contributed by atoms with van der Waals surface area (Å²) in [5, 5.41) is 3.23. The second-order valence-corrected chi connectivity index (χ2v) is 4.92. The first-order valence-corrected chi connectivity index (χ1v) is 6.75. The van der Waals surface area contributed by atoms with Crippen molar-refractivity contribution in [3.63, 3.8) is 0 Å². The molecule has 17 heavy (non-hydrogen) atoms. The van der Waals surface area contributed by atoms with Gasteiger partial charge in [0.1, 0.15) is 0 Å². The van der Waals surface area contributed by atoms with Gasteiger partial charge in [-0.2, -0.15) is 0 Å². The van der Waals surface area contributed by atoms with Gasteiger partial charge in [-0.15, -0.1) is 0 Å². The van der Waals surface area contributed by atoms with E-state index in [-0.39, 0.29) is 11.9 Å². The van der Waals surface area contributed by atoms with Gasteiger partial charge in [-0.25, -0.2) is 0 Å². The van der Waals surface area contributed by atoms with Crippen LogP contribution in [-0.2, 0) is 4.79 Å². The van der Waals surface area contributed by atoms with Crippen molar-refractivity contribution in [1.82, 2.24) is 10.2 Å². The fourth-order valence-electron chi connectivity index (χ4n) is 1.76. The Bertz CT molecular complexity index is 195. The van der Waals surface area contributed by atoms with Crippen LogP contribution in [0.5, 0.6) is 0 Å². The highest BCUT2D eigenvalue weighted by Gasteiger charge is 2.13. The maximum atomic E-state index is 11.2. The second kappa shape index (κ2) is 10.5. The molecule has 1 unspecified atom stereocenters. The number of likely N-dealkylation sites (N-methyl/N-ethyl adjacent to an activating group) is 1. The van der Waals surface area contributed by atoms with Crippen molar-refractivity contribution in [3.05, 3.63) is 0 Å². The Balaban J connectivity index is 3.64. The van der Waals surface area contributed by atoms with Gasteiger partial charge >= 0.3 is 0 Å². The topological polar surface area (TPSA) is 58.4 Å². The van der Waals surface area contributed by atoms with Gasteiger partial charge in [0.15, 0.2) is 0 Å². The molecule has 0 aliphatic heterocycles. The van der Waals surface area contributed by atoms with E-state index < -0.39 is 0 Å². The van der Waals surface area contributed by atoms with Gasteiger partial charge in [-0.1, -0.05) is 39.0 Å². The number of nitrogens with one attached hydrogen (secondary N) is 1. The summed E-state index contributed by atoms with van der Waals surface area (Å²) in [5.41, 5.74) is 5.38. The summed E-state index contributed by atoms with van der Waals surface area (Å²) in [4.78, 5) is 13.3. The van der Waals surface area contributed by atoms with Crippen LogP contribution in [0.1, 0.15) is 45.4 Å². The fourth-order valence-corrected chi connectivity index (χ4v) is 1.76. The van der Waals surface area contributed by atoms with Crippen molar-refractivity contribution < 1.29 is 4.79 Å². The molecule has 1 atom stereocenters. The van der Waals surface area contributed by atoms with Crippen molar-refractivity contribution in [2.24, 2.45) is 5.73 Å². The molecular formula is C13H29N3O. The average Bonchev–Trinajstić information content (AvgIpc) is 2.25. The van der Waals surface area contributed by atoms with E-state index in [1.807, 2.05) is 14.1 Å². The van der Waals surface area contributed by atoms with Gasteiger partial charge in [0, 0.05) is 13.1 Å². The monoisotopic (exact) mass is 243 g/mol. The van der Waals surface area contributed by atoms with E-state index in [1.165, 1.54) is 25.7 Å². The van der Waals surface area contributed by atoms with E-state index in [1.54, 1.807) is 0 Å². The highest BCUT2D eigenvalue weighted by molar-refractivity contribution is 5.79. The molecule has 102 valence electrons. The zero-order valence-corrected chi connectivity index (χ0v) is 11.7. The van der Waals surface area contributed by atoms with E-state index >= 15 is 0 Å². The Hall–Kier alpha value is -0.610. The standard InChI is InChI=1S/C13H29N3O/c1-4-5-6-7-8-9-12(13(14)17)15-10-11-16(2)3/h12,15H,4-11H2,1-3H3,(H2,14,17). The molecule has 0 radical (unpaired) electrons. The van der Waals surface area contributed by atoms with Gasteiger partial charge in [-0.3, -0.25) is 4.79 Å². The molecule has 1 amide bonds. The molecule has 0 aliphatic rings. The van der Waals surface area contributed by atoms with Crippen molar-refractivity contribution in [3.8, 4) is 0 Å². The maximum Gasteiger partial charge on any atom is 0.234 e. The predicted octanol–water partition coefficient (Wildman–Crippen LogP) is 1.35. The summed E-state index contributed by atoms with van der Waals surface area (Å²) >= 11 is 0. The number of nitrogens with zero attached hydrogens (tertiary/aromatic N) is 1. The fraction of sp³-hybridized carbons (Fsp3) is 0.923. The van der Waals surface area contributed by atoms with Crippen molar-refractivity contribution in [2.75, 3.05) is 27.2 Å². The van der Waals surface area contributed by atoms with Crippen molar-refractivity contribution in [1.29, 1.82) is 0 Å². The first kappa shape index (κ1) is 16.4. The number of rotatable bonds is 11. The van der Waals surface area contributed by atoms with Crippen LogP contribution in [0.4, 0.5) is 0 Å². The van der Waals surface area contributed by atoms with E-state index in [4.69, 9.17) is 5.73 Å². The minimum absolute atomic E-state index is 0.156. The predicted molar refractivity (Wildman–Crippen MR) is 72.9 cm³/mol. The van der Waals surface area contributed by atoms with E-state index in [9.17, 15) is 4.79 Å². The molecule has 0 aromatic rings. The lowest BCUT2D eigenvalue weighted by Crippen LogP contribution is -2.43. The third-order valence-electron chi connectivity index (χ3n) is 2.89. The smallest absolute Gasteiger partial charge is 0.234 e. The van der Waals surface area contributed by atoms with Gasteiger partial charge in [0.2, 0.25) is 5.91 Å². The molecule has 0 aliphatic carbocycles. The van der Waals surface area contributed by atoms with Crippen LogP contribution in [0.15, 0.2) is 0 Å². The molecule has 0 spiro atoms. The average molecular weight is 243 g/mol. The molecule has 4 nitrogen and oxygen atoms in total. The van der Waals surface area contributed by atoms with Crippen LogP contribution in [0.2, 0.25) is 0 Å². The summed E-state index contributed by atoms with van der Waals surface area (Å²) < 4.78 is 0. The van der Waals surface area contributed by atoms with Crippen LogP contribution < -0.4 is 11.1 Å². The normalized spacial score (nSPS) is 12.9. The lowest BCUT2D eigenvalue weighted by atomic mass is 10.1. The first-order chi connectivity index (χ1) is 8.07. The quantitative estimate of drug-likeness (QED) is 0.539. The number of unbranched alkanes of at least 4 members (excludes halogenated alkanes) is 4. The minimum Gasteiger partial charge on any atom is -0.368 e. The molecule has 4 heteroatoms. The number of primary amides is 1. The van der Waals surface area contributed by atoms with Gasteiger partial charge < -0.3 is 16.0 Å². The SMILES string of the molecule is CCCCCCCC(NCCN(C)C)C(N)=O. The van der Waals surface area contributed by atoms with E-state index in [2.05, 4.69) is 17.1 Å². The molecule has 0 heterocycles. The molecule has 0 bridgehead atoms. The number of hydrogen-bond acceptors (Lipinski definition) is 3. The van der Waals surface area contributed by atoms with Crippen molar-refractivity contribution >= 4 is 5.91 Å². The van der Waals surface area contributed by atoms with Gasteiger partial charge in [-0.05, 0) is 20.5 Å². The summed E-state index contributed by atoms with van der Waals surface area (Å²) in [5.74, 6) is -0.223. The van der Waals surface area contributed by atoms with E-state index in [0.717, 1.165) is 25.9 Å². The summed E-state index contributed by atoms with van der Waals surface area (Å²) in [6.07, 6.45) is 6.96. The Morgan fingerprint density at radius 1 is 1.24 bits per heavy atom. The number of nitrogens with two attached hydrogens (primary N) is 1. The molecule has 3 N–H and O–H groups in total. The summed E-state index contributed by atoms with van der Waals surface area (Å²) in [6, 6.07) is -0.156. The number of carbonyl (C=O) groups excluding carboxylic acids is 1. The molecule has 0 aromatic carbocycles. The third kappa shape index (κ3) is 10.3. The second-order valence-electron chi connectivity index (χ2n) is 4.92. The van der Waals surface area contributed by atoms with Gasteiger partial charge in [0.25, 0.3) is 0 Å². The minimum atomic E-state index is -0.223. The maximum absolute atomic E-state index is 11.2. The lowest BCUT2D eigenvalue weighted by molar-refractivity contribution is -0.120. The van der Waals surface area contributed by atoms with E-state index in [0.29, 0.717) is 0 Å². The first-order valence-electron chi connectivity index (χ1n) is 6.75. The van der Waals surface area contributed by atoms with Crippen LogP contribution in [0.25, 0.3) is 0 Å². The largest absolute Gasteiger partial charge is 0.368 e. The van der Waals surface area contributed by atoms with Crippen LogP contribution in [-0.4, -0.2) is 44.0 Å². The third-order valence-corrected chi connectivity index (χ3v) is 2.89. The number of carbonyl (C=O) groups is 1. The molecular weight excluding hydrogens is 214 g/mol. The molecule has 0 aromatic heterocycles. The van der Waals surface area contributed by atoms with Crippen molar-refractivity contribution in [2.45, 2.75) is 51.5 Å². The zero-order chi connectivity index (χ0) is 13.1. The molecule has 0 fully saturated rings. The Morgan fingerprint density at radius 2 is 1.88 bits per heavy atom. The van der Waals surface area contributed by atoms with Gasteiger partial charge in [0.05, 0.1) is 6.04 Å². The zero-order valence-electron chi connectivity index (χ0n) is 11.7.